The summed E-state index contributed by atoms with van der Waals surface area (Å²) in [4.78, 5) is 33.9. The van der Waals surface area contributed by atoms with Crippen molar-refractivity contribution in [3.63, 3.8) is 0 Å². The molecule has 0 radical (unpaired) electrons. The van der Waals surface area contributed by atoms with E-state index in [1.165, 1.54) is 24.3 Å². The molecule has 0 saturated heterocycles. The topological polar surface area (TPSA) is 117 Å². The first kappa shape index (κ1) is 18.2. The largest absolute Gasteiger partial charge is 0.454 e. The number of nitro benzene ring substituents is 1. The number of ether oxygens (including phenoxy) is 3. The molecule has 3 rings (SSSR count). The summed E-state index contributed by atoms with van der Waals surface area (Å²) in [6.45, 7) is 1.48. The van der Waals surface area contributed by atoms with Gasteiger partial charge >= 0.3 is 5.97 Å². The van der Waals surface area contributed by atoms with E-state index in [1.54, 1.807) is 25.1 Å². The first-order valence-corrected chi connectivity index (χ1v) is 8.04. The monoisotopic (exact) mass is 372 g/mol. The molecule has 0 fully saturated rings. The highest BCUT2D eigenvalue weighted by atomic mass is 16.7. The van der Waals surface area contributed by atoms with Gasteiger partial charge in [0.25, 0.3) is 11.6 Å². The highest BCUT2D eigenvalue weighted by Crippen LogP contribution is 2.34. The Morgan fingerprint density at radius 2 is 1.89 bits per heavy atom. The van der Waals surface area contributed by atoms with Gasteiger partial charge in [0, 0.05) is 12.1 Å². The van der Waals surface area contributed by atoms with Crippen LogP contribution in [0.3, 0.4) is 0 Å². The van der Waals surface area contributed by atoms with Crippen molar-refractivity contribution in [2.24, 2.45) is 0 Å². The number of hydrogen-bond donors (Lipinski definition) is 1. The second-order valence-corrected chi connectivity index (χ2v) is 5.78. The molecule has 1 heterocycles. The molecule has 0 saturated carbocycles. The van der Waals surface area contributed by atoms with Gasteiger partial charge in [-0.1, -0.05) is 6.07 Å². The quantitative estimate of drug-likeness (QED) is 0.470. The molecule has 1 amide bonds. The molecule has 0 aromatic heterocycles. The second-order valence-electron chi connectivity index (χ2n) is 5.78. The summed E-state index contributed by atoms with van der Waals surface area (Å²) in [5, 5.41) is 13.3. The zero-order valence-corrected chi connectivity index (χ0v) is 14.3. The number of hydrogen-bond acceptors (Lipinski definition) is 7. The molecule has 2 aromatic carbocycles. The Bertz CT molecular complexity index is 880. The van der Waals surface area contributed by atoms with Crippen LogP contribution in [0.5, 0.6) is 11.5 Å². The molecule has 1 aliphatic heterocycles. The van der Waals surface area contributed by atoms with E-state index in [1.807, 2.05) is 0 Å². The minimum atomic E-state index is -0.740. The van der Waals surface area contributed by atoms with E-state index in [0.717, 1.165) is 5.56 Å². The lowest BCUT2D eigenvalue weighted by Crippen LogP contribution is -2.31. The normalized spacial score (nSPS) is 12.9. The predicted molar refractivity (Wildman–Crippen MR) is 92.5 cm³/mol. The van der Waals surface area contributed by atoms with Gasteiger partial charge in [-0.15, -0.1) is 0 Å². The van der Waals surface area contributed by atoms with Crippen molar-refractivity contribution in [3.8, 4) is 11.5 Å². The number of esters is 1. The lowest BCUT2D eigenvalue weighted by atomic mass is 10.1. The van der Waals surface area contributed by atoms with E-state index >= 15 is 0 Å². The maximum Gasteiger partial charge on any atom is 0.338 e. The fraction of sp³-hybridized carbons (Fsp3) is 0.222. The van der Waals surface area contributed by atoms with Gasteiger partial charge in [0.05, 0.1) is 16.5 Å². The van der Waals surface area contributed by atoms with Gasteiger partial charge in [0.2, 0.25) is 6.79 Å². The Balaban J connectivity index is 1.51. The van der Waals surface area contributed by atoms with Gasteiger partial charge in [0.1, 0.15) is 0 Å². The SMILES string of the molecule is C[C@@H](NC(=O)COC(=O)c1ccc([N+](=O)[O-])cc1)c1ccc2c(c1)OCO2. The molecule has 1 N–H and O–H groups in total. The number of amides is 1. The fourth-order valence-electron chi connectivity index (χ4n) is 2.48. The predicted octanol–water partition coefficient (Wildman–Crippen LogP) is 2.36. The molecule has 2 aromatic rings. The summed E-state index contributed by atoms with van der Waals surface area (Å²) in [7, 11) is 0. The Kier molecular flexibility index (Phi) is 5.20. The Morgan fingerprint density at radius 1 is 1.19 bits per heavy atom. The molecular weight excluding hydrogens is 356 g/mol. The van der Waals surface area contributed by atoms with Crippen LogP contribution in [0.4, 0.5) is 5.69 Å². The summed E-state index contributed by atoms with van der Waals surface area (Å²) in [5.41, 5.74) is 0.799. The third-order valence-corrected chi connectivity index (χ3v) is 3.92. The van der Waals surface area contributed by atoms with E-state index in [0.29, 0.717) is 11.5 Å². The molecule has 1 aliphatic rings. The van der Waals surface area contributed by atoms with Crippen LogP contribution in [-0.4, -0.2) is 30.2 Å². The number of nitrogens with zero attached hydrogens (tertiary/aromatic N) is 1. The highest BCUT2D eigenvalue weighted by Gasteiger charge is 2.18. The average Bonchev–Trinajstić information content (AvgIpc) is 3.13. The zero-order valence-electron chi connectivity index (χ0n) is 14.3. The Morgan fingerprint density at radius 3 is 2.59 bits per heavy atom. The number of fused-ring (bicyclic) bond motifs is 1. The van der Waals surface area contributed by atoms with Gasteiger partial charge in [-0.2, -0.15) is 0 Å². The van der Waals surface area contributed by atoms with Crippen LogP contribution in [0.15, 0.2) is 42.5 Å². The van der Waals surface area contributed by atoms with E-state index in [-0.39, 0.29) is 24.1 Å². The number of nitro groups is 1. The van der Waals surface area contributed by atoms with Crippen LogP contribution >= 0.6 is 0 Å². The molecule has 0 aliphatic carbocycles. The summed E-state index contributed by atoms with van der Waals surface area (Å²) >= 11 is 0. The minimum Gasteiger partial charge on any atom is -0.454 e. The van der Waals surface area contributed by atoms with Crippen LogP contribution in [0, 0.1) is 10.1 Å². The van der Waals surface area contributed by atoms with Crippen molar-refractivity contribution in [1.29, 1.82) is 0 Å². The maximum atomic E-state index is 12.0. The molecular formula is C18H16N2O7. The number of carbonyl (C=O) groups excluding carboxylic acids is 2. The first-order valence-electron chi connectivity index (χ1n) is 8.04. The van der Waals surface area contributed by atoms with Crippen molar-refractivity contribution in [2.75, 3.05) is 13.4 Å². The van der Waals surface area contributed by atoms with Crippen molar-refractivity contribution >= 4 is 17.6 Å². The summed E-state index contributed by atoms with van der Waals surface area (Å²) < 4.78 is 15.5. The molecule has 0 spiro atoms. The number of carbonyl (C=O) groups is 2. The lowest BCUT2D eigenvalue weighted by Gasteiger charge is -2.15. The molecule has 9 nitrogen and oxygen atoms in total. The third kappa shape index (κ3) is 4.32. The highest BCUT2D eigenvalue weighted by molar-refractivity contribution is 5.91. The number of benzene rings is 2. The van der Waals surface area contributed by atoms with Gasteiger partial charge in [-0.25, -0.2) is 4.79 Å². The smallest absolute Gasteiger partial charge is 0.338 e. The van der Waals surface area contributed by atoms with Gasteiger partial charge < -0.3 is 19.5 Å². The second kappa shape index (κ2) is 7.73. The van der Waals surface area contributed by atoms with Gasteiger partial charge in [0.15, 0.2) is 18.1 Å². The van der Waals surface area contributed by atoms with E-state index < -0.39 is 23.4 Å². The number of non-ortho nitro benzene ring substituents is 1. The molecule has 9 heteroatoms. The van der Waals surface area contributed by atoms with Crippen molar-refractivity contribution in [2.45, 2.75) is 13.0 Å². The Labute approximate surface area is 154 Å². The lowest BCUT2D eigenvalue weighted by molar-refractivity contribution is -0.384. The minimum absolute atomic E-state index is 0.122. The first-order chi connectivity index (χ1) is 12.9. The van der Waals surface area contributed by atoms with Gasteiger partial charge in [-0.3, -0.25) is 14.9 Å². The van der Waals surface area contributed by atoms with E-state index in [9.17, 15) is 19.7 Å². The standard InChI is InChI=1S/C18H16N2O7/c1-11(13-4-7-15-16(8-13)27-10-26-15)19-17(21)9-25-18(22)12-2-5-14(6-3-12)20(23)24/h2-8,11H,9-10H2,1H3,(H,19,21)/t11-/m1/s1. The van der Waals surface area contributed by atoms with Crippen molar-refractivity contribution < 1.29 is 28.7 Å². The summed E-state index contributed by atoms with van der Waals surface area (Å²) in [5.74, 6) is 0.0405. The van der Waals surface area contributed by atoms with E-state index in [2.05, 4.69) is 5.32 Å². The summed E-state index contributed by atoms with van der Waals surface area (Å²) in [6, 6.07) is 9.94. The zero-order chi connectivity index (χ0) is 19.4. The maximum absolute atomic E-state index is 12.0. The molecule has 0 unspecified atom stereocenters. The third-order valence-electron chi connectivity index (χ3n) is 3.92. The molecule has 27 heavy (non-hydrogen) atoms. The number of nitrogens with one attached hydrogen (secondary N) is 1. The van der Waals surface area contributed by atoms with Crippen molar-refractivity contribution in [1.82, 2.24) is 5.32 Å². The molecule has 1 atom stereocenters. The number of rotatable bonds is 6. The fourth-order valence-corrected chi connectivity index (χ4v) is 2.48. The molecule has 140 valence electrons. The summed E-state index contributed by atoms with van der Waals surface area (Å²) in [6.07, 6.45) is 0. The van der Waals surface area contributed by atoms with E-state index in [4.69, 9.17) is 14.2 Å². The van der Waals surface area contributed by atoms with Crippen LogP contribution in [0.25, 0.3) is 0 Å². The average molecular weight is 372 g/mol. The van der Waals surface area contributed by atoms with Gasteiger partial charge in [-0.05, 0) is 36.8 Å². The van der Waals surface area contributed by atoms with Crippen LogP contribution in [0.2, 0.25) is 0 Å². The van der Waals surface area contributed by atoms with Crippen LogP contribution < -0.4 is 14.8 Å². The van der Waals surface area contributed by atoms with Crippen molar-refractivity contribution in [3.05, 3.63) is 63.7 Å². The molecule has 0 bridgehead atoms. The Hall–Kier alpha value is -3.62. The van der Waals surface area contributed by atoms with Crippen LogP contribution in [-0.2, 0) is 9.53 Å². The van der Waals surface area contributed by atoms with Crippen LogP contribution in [0.1, 0.15) is 28.9 Å².